The van der Waals surface area contributed by atoms with Crippen molar-refractivity contribution in [2.45, 2.75) is 24.0 Å². The SMILES string of the molecule is C=C(C)C(N)C1CSc2ccccc2O1. The van der Waals surface area contributed by atoms with Gasteiger partial charge in [-0.25, -0.2) is 0 Å². The van der Waals surface area contributed by atoms with Gasteiger partial charge in [-0.1, -0.05) is 24.3 Å². The molecule has 0 fully saturated rings. The normalized spacial score (nSPS) is 21.3. The lowest BCUT2D eigenvalue weighted by atomic mass is 10.1. The van der Waals surface area contributed by atoms with Gasteiger partial charge in [0.15, 0.2) is 0 Å². The standard InChI is InChI=1S/C12H15NOS/c1-8(2)12(13)10-7-15-11-6-4-3-5-9(11)14-10/h3-6,10,12H,1,7,13H2,2H3. The number of fused-ring (bicyclic) bond motifs is 1. The molecule has 0 aliphatic carbocycles. The van der Waals surface area contributed by atoms with Crippen LogP contribution < -0.4 is 10.5 Å². The summed E-state index contributed by atoms with van der Waals surface area (Å²) in [6.45, 7) is 5.82. The molecule has 0 saturated carbocycles. The molecule has 1 heterocycles. The predicted molar refractivity (Wildman–Crippen MR) is 64.4 cm³/mol. The maximum atomic E-state index is 6.01. The molecular formula is C12H15NOS. The molecule has 3 heteroatoms. The molecule has 80 valence electrons. The molecule has 1 aliphatic rings. The molecule has 15 heavy (non-hydrogen) atoms. The zero-order valence-electron chi connectivity index (χ0n) is 8.77. The maximum absolute atomic E-state index is 6.01. The van der Waals surface area contributed by atoms with Crippen LogP contribution in [0.4, 0.5) is 0 Å². The average molecular weight is 221 g/mol. The van der Waals surface area contributed by atoms with Gasteiger partial charge in [-0.05, 0) is 19.1 Å². The van der Waals surface area contributed by atoms with Crippen LogP contribution in [0.2, 0.25) is 0 Å². The highest BCUT2D eigenvalue weighted by Crippen LogP contribution is 2.35. The Morgan fingerprint density at radius 1 is 1.60 bits per heavy atom. The van der Waals surface area contributed by atoms with E-state index in [4.69, 9.17) is 10.5 Å². The number of hydrogen-bond donors (Lipinski definition) is 1. The Labute approximate surface area is 94.5 Å². The molecule has 1 aliphatic heterocycles. The topological polar surface area (TPSA) is 35.2 Å². The molecule has 0 saturated heterocycles. The van der Waals surface area contributed by atoms with Crippen molar-refractivity contribution in [3.63, 3.8) is 0 Å². The van der Waals surface area contributed by atoms with Crippen molar-refractivity contribution in [3.8, 4) is 5.75 Å². The Morgan fingerprint density at radius 2 is 2.33 bits per heavy atom. The van der Waals surface area contributed by atoms with Gasteiger partial charge in [0.25, 0.3) is 0 Å². The zero-order chi connectivity index (χ0) is 10.8. The fraction of sp³-hybridized carbons (Fsp3) is 0.333. The molecule has 2 N–H and O–H groups in total. The van der Waals surface area contributed by atoms with Crippen molar-refractivity contribution in [1.29, 1.82) is 0 Å². The molecule has 2 rings (SSSR count). The molecule has 2 atom stereocenters. The van der Waals surface area contributed by atoms with Crippen LogP contribution in [-0.2, 0) is 0 Å². The van der Waals surface area contributed by atoms with Crippen LogP contribution in [0.3, 0.4) is 0 Å². The molecule has 2 nitrogen and oxygen atoms in total. The second-order valence-corrected chi connectivity index (χ2v) is 4.85. The van der Waals surface area contributed by atoms with Gasteiger partial charge < -0.3 is 10.5 Å². The van der Waals surface area contributed by atoms with Crippen LogP contribution >= 0.6 is 11.8 Å². The summed E-state index contributed by atoms with van der Waals surface area (Å²) in [5.74, 6) is 1.83. The monoisotopic (exact) mass is 221 g/mol. The fourth-order valence-electron chi connectivity index (χ4n) is 1.53. The van der Waals surface area contributed by atoms with Gasteiger partial charge in [-0.2, -0.15) is 0 Å². The number of rotatable bonds is 2. The molecule has 0 spiro atoms. The third-order valence-electron chi connectivity index (χ3n) is 2.50. The molecule has 0 bridgehead atoms. The highest BCUT2D eigenvalue weighted by atomic mass is 32.2. The maximum Gasteiger partial charge on any atom is 0.133 e. The van der Waals surface area contributed by atoms with Gasteiger partial charge in [0.2, 0.25) is 0 Å². The van der Waals surface area contributed by atoms with Gasteiger partial charge in [0, 0.05) is 10.6 Å². The number of thioether (sulfide) groups is 1. The lowest BCUT2D eigenvalue weighted by Crippen LogP contribution is -2.42. The van der Waals surface area contributed by atoms with E-state index in [0.717, 1.165) is 17.1 Å². The highest BCUT2D eigenvalue weighted by molar-refractivity contribution is 7.99. The van der Waals surface area contributed by atoms with Gasteiger partial charge in [-0.3, -0.25) is 0 Å². The summed E-state index contributed by atoms with van der Waals surface area (Å²) >= 11 is 1.80. The van der Waals surface area contributed by atoms with E-state index >= 15 is 0 Å². The molecule has 1 aromatic rings. The molecule has 0 amide bonds. The van der Waals surface area contributed by atoms with Gasteiger partial charge in [0.05, 0.1) is 6.04 Å². The average Bonchev–Trinajstić information content (AvgIpc) is 2.27. The minimum Gasteiger partial charge on any atom is -0.486 e. The van der Waals surface area contributed by atoms with Crippen molar-refractivity contribution >= 4 is 11.8 Å². The van der Waals surface area contributed by atoms with Crippen molar-refractivity contribution in [3.05, 3.63) is 36.4 Å². The summed E-state index contributed by atoms with van der Waals surface area (Å²) in [6, 6.07) is 7.98. The fourth-order valence-corrected chi connectivity index (χ4v) is 2.58. The van der Waals surface area contributed by atoms with Crippen molar-refractivity contribution in [1.82, 2.24) is 0 Å². The first-order valence-electron chi connectivity index (χ1n) is 4.98. The predicted octanol–water partition coefficient (Wildman–Crippen LogP) is 2.44. The largest absolute Gasteiger partial charge is 0.486 e. The summed E-state index contributed by atoms with van der Waals surface area (Å²) < 4.78 is 5.85. The second-order valence-electron chi connectivity index (χ2n) is 3.79. The number of benzene rings is 1. The quantitative estimate of drug-likeness (QED) is 0.779. The van der Waals surface area contributed by atoms with E-state index in [1.54, 1.807) is 11.8 Å². The summed E-state index contributed by atoms with van der Waals surface area (Å²) in [6.07, 6.45) is 0.0439. The number of nitrogens with two attached hydrogens (primary N) is 1. The smallest absolute Gasteiger partial charge is 0.133 e. The lowest BCUT2D eigenvalue weighted by Gasteiger charge is -2.29. The van der Waals surface area contributed by atoms with Crippen molar-refractivity contribution < 1.29 is 4.74 Å². The summed E-state index contributed by atoms with van der Waals surface area (Å²) in [5, 5.41) is 0. The minimum absolute atomic E-state index is 0.0439. The third kappa shape index (κ3) is 2.19. The summed E-state index contributed by atoms with van der Waals surface area (Å²) in [4.78, 5) is 1.20. The Morgan fingerprint density at radius 3 is 3.07 bits per heavy atom. The van der Waals surface area contributed by atoms with Crippen molar-refractivity contribution in [2.24, 2.45) is 5.73 Å². The van der Waals surface area contributed by atoms with Crippen LogP contribution in [0, 0.1) is 0 Å². The first-order chi connectivity index (χ1) is 7.18. The van der Waals surface area contributed by atoms with E-state index in [-0.39, 0.29) is 12.1 Å². The van der Waals surface area contributed by atoms with Crippen molar-refractivity contribution in [2.75, 3.05) is 5.75 Å². The van der Waals surface area contributed by atoms with Crippen LogP contribution in [0.15, 0.2) is 41.3 Å². The van der Waals surface area contributed by atoms with E-state index in [0.29, 0.717) is 0 Å². The Bertz CT molecular complexity index is 378. The molecular weight excluding hydrogens is 206 g/mol. The lowest BCUT2D eigenvalue weighted by molar-refractivity contribution is 0.197. The van der Waals surface area contributed by atoms with E-state index in [1.807, 2.05) is 25.1 Å². The minimum atomic E-state index is -0.0779. The van der Waals surface area contributed by atoms with Crippen LogP contribution in [0.25, 0.3) is 0 Å². The number of ether oxygens (including phenoxy) is 1. The second kappa shape index (κ2) is 4.29. The molecule has 0 radical (unpaired) electrons. The summed E-state index contributed by atoms with van der Waals surface area (Å²) in [5.41, 5.74) is 6.98. The number of hydrogen-bond acceptors (Lipinski definition) is 3. The first-order valence-corrected chi connectivity index (χ1v) is 5.96. The van der Waals surface area contributed by atoms with Crippen LogP contribution in [0.5, 0.6) is 5.75 Å². The van der Waals surface area contributed by atoms with E-state index in [2.05, 4.69) is 12.6 Å². The number of para-hydroxylation sites is 1. The van der Waals surface area contributed by atoms with E-state index in [1.165, 1.54) is 4.90 Å². The highest BCUT2D eigenvalue weighted by Gasteiger charge is 2.25. The van der Waals surface area contributed by atoms with Crippen LogP contribution in [0.1, 0.15) is 6.92 Å². The third-order valence-corrected chi connectivity index (χ3v) is 3.64. The van der Waals surface area contributed by atoms with E-state index in [9.17, 15) is 0 Å². The van der Waals surface area contributed by atoms with Gasteiger partial charge in [0.1, 0.15) is 11.9 Å². The van der Waals surface area contributed by atoms with Gasteiger partial charge in [-0.15, -0.1) is 11.8 Å². The first kappa shape index (κ1) is 10.6. The Balaban J connectivity index is 2.15. The van der Waals surface area contributed by atoms with Crippen LogP contribution in [-0.4, -0.2) is 17.9 Å². The van der Waals surface area contributed by atoms with E-state index < -0.39 is 0 Å². The molecule has 0 aromatic heterocycles. The Kier molecular flexibility index (Phi) is 3.03. The molecule has 1 aromatic carbocycles. The zero-order valence-corrected chi connectivity index (χ0v) is 9.59. The van der Waals surface area contributed by atoms with Gasteiger partial charge >= 0.3 is 0 Å². The summed E-state index contributed by atoms with van der Waals surface area (Å²) in [7, 11) is 0. The molecule has 2 unspecified atom stereocenters. The Hall–Kier alpha value is -0.930.